The fourth-order valence-corrected chi connectivity index (χ4v) is 16.7. The third kappa shape index (κ3) is 11.1. The van der Waals surface area contributed by atoms with Gasteiger partial charge in [-0.2, -0.15) is 0 Å². The molecule has 12 fully saturated rings. The first-order valence-electron chi connectivity index (χ1n) is 30.4. The zero-order chi connectivity index (χ0) is 54.5. The van der Waals surface area contributed by atoms with Gasteiger partial charge < -0.3 is 81.6 Å². The molecule has 12 aliphatic rings. The van der Waals surface area contributed by atoms with E-state index in [-0.39, 0.29) is 147 Å². The monoisotopic (exact) mass is 1100 g/mol. The van der Waals surface area contributed by atoms with Crippen molar-refractivity contribution in [2.24, 2.45) is 23.7 Å². The zero-order valence-electron chi connectivity index (χ0n) is 47.3. The number of esters is 1. The van der Waals surface area contributed by atoms with Crippen LogP contribution in [0.2, 0.25) is 0 Å². The Kier molecular flexibility index (Phi) is 16.5. The van der Waals surface area contributed by atoms with Crippen molar-refractivity contribution in [3.63, 3.8) is 0 Å². The molecule has 440 valence electrons. The highest BCUT2D eigenvalue weighted by Crippen LogP contribution is 2.56. The SMILES string of the molecule is C=C1C[C@H](CC[C@@H]2C[C@@H](OC)[C@@H]([C@H]3C[C@@H](O)[C@H]4O[C@@H](CC(=O)O[C@@H]5[C@@H](C)[C@@H]6O[C@@H]7C[C@]8(C[C@@H]9O[C@]%10(C[C@H](C)[C@@H]%11O[C@H](CO)[C@H](O)C[C@@H]%11O%10)C[C@H](C)[C@@H]9O8)O[C@@H]7C[C@@H]6O[C@H]5C)CC[C@@H]4O3)O2)O[C@H]1CC[C@H]1C[C@@H](C)C(=C)[C@@H](C)O1. The second-order valence-electron chi connectivity index (χ2n) is 26.5. The molecule has 0 unspecified atom stereocenters. The van der Waals surface area contributed by atoms with Gasteiger partial charge in [-0.3, -0.25) is 4.79 Å². The maximum absolute atomic E-state index is 13.8. The summed E-state index contributed by atoms with van der Waals surface area (Å²) in [4.78, 5) is 13.8. The van der Waals surface area contributed by atoms with Crippen LogP contribution in [0.25, 0.3) is 0 Å². The standard InChI is InChI=1S/C60H92O18/c1-28-16-36(66-34(7)32(28)5)12-14-42-29(2)17-37(68-42)10-11-38-18-45(65-9)58(70-38)46-21-41(63)57-43(71-46)15-13-39(69-57)19-52(64)74-55-33(6)56-47(67-35(55)8)22-44-49(72-56)25-60(75-44)26-50-54(78-60)31(4)24-59(77-50)23-30(3)53-48(76-59)20-40(62)51(27-61)73-53/h28,30-31,33-51,53-58,61-63H,2,5,10-27H2,1,3-4,6-9H3/t28-,30+,31+,33-,34-,35+,36+,37+,38-,39-,40-,41-,42+,43+,44-,45-,46-,47+,48+,49-,50+,51-,53+,54+,55-,56+,57-,58+,59-,60+/m1/s1. The Balaban J connectivity index is 0.586. The molecule has 0 aromatic carbocycles. The molecule has 0 bridgehead atoms. The van der Waals surface area contributed by atoms with Crippen LogP contribution in [0.1, 0.15) is 151 Å². The Bertz CT molecular complexity index is 2130. The van der Waals surface area contributed by atoms with Crippen LogP contribution in [0.15, 0.2) is 24.3 Å². The van der Waals surface area contributed by atoms with Gasteiger partial charge in [0.25, 0.3) is 0 Å². The minimum atomic E-state index is -0.871. The molecule has 12 aliphatic heterocycles. The Labute approximate surface area is 461 Å². The zero-order valence-corrected chi connectivity index (χ0v) is 47.3. The molecule has 3 N–H and O–H groups in total. The Morgan fingerprint density at radius 1 is 0.590 bits per heavy atom. The van der Waals surface area contributed by atoms with Gasteiger partial charge in [0.1, 0.15) is 24.4 Å². The van der Waals surface area contributed by atoms with Crippen LogP contribution >= 0.6 is 0 Å². The van der Waals surface area contributed by atoms with Crippen molar-refractivity contribution in [1.82, 2.24) is 0 Å². The van der Waals surface area contributed by atoms with Crippen molar-refractivity contribution < 1.29 is 86.4 Å². The van der Waals surface area contributed by atoms with E-state index < -0.39 is 48.2 Å². The van der Waals surface area contributed by atoms with Crippen LogP contribution in [-0.4, -0.2) is 193 Å². The second kappa shape index (κ2) is 22.7. The molecule has 0 amide bonds. The summed E-state index contributed by atoms with van der Waals surface area (Å²) in [6.07, 6.45) is 4.48. The third-order valence-electron chi connectivity index (χ3n) is 20.7. The summed E-state index contributed by atoms with van der Waals surface area (Å²) >= 11 is 0. The minimum absolute atomic E-state index is 0.00910. The summed E-state index contributed by atoms with van der Waals surface area (Å²) in [6.45, 7) is 21.1. The average Bonchev–Trinajstić information content (AvgIpc) is 4.30. The molecule has 0 aromatic rings. The number of hydrogen-bond acceptors (Lipinski definition) is 18. The maximum atomic E-state index is 13.8. The molecule has 18 nitrogen and oxygen atoms in total. The minimum Gasteiger partial charge on any atom is -0.459 e. The van der Waals surface area contributed by atoms with Crippen LogP contribution in [0.5, 0.6) is 0 Å². The Hall–Kier alpha value is -1.69. The lowest BCUT2D eigenvalue weighted by atomic mass is 9.78. The molecule has 18 heteroatoms. The molecule has 12 heterocycles. The fourth-order valence-electron chi connectivity index (χ4n) is 16.7. The van der Waals surface area contributed by atoms with E-state index in [9.17, 15) is 20.1 Å². The summed E-state index contributed by atoms with van der Waals surface area (Å²) in [5.41, 5.74) is 2.35. The van der Waals surface area contributed by atoms with Gasteiger partial charge in [0.2, 0.25) is 0 Å². The van der Waals surface area contributed by atoms with Crippen molar-refractivity contribution in [2.75, 3.05) is 13.7 Å². The highest BCUT2D eigenvalue weighted by Gasteiger charge is 2.65. The second-order valence-corrected chi connectivity index (χ2v) is 26.5. The molecule has 2 spiro atoms. The quantitative estimate of drug-likeness (QED) is 0.149. The van der Waals surface area contributed by atoms with Crippen molar-refractivity contribution in [3.8, 4) is 0 Å². The van der Waals surface area contributed by atoms with Crippen LogP contribution in [0, 0.1) is 23.7 Å². The van der Waals surface area contributed by atoms with Crippen molar-refractivity contribution in [1.29, 1.82) is 0 Å². The molecule has 30 atom stereocenters. The molecular weight excluding hydrogens is 1010 g/mol. The summed E-state index contributed by atoms with van der Waals surface area (Å²) in [5.74, 6) is -1.50. The summed E-state index contributed by atoms with van der Waals surface area (Å²) in [7, 11) is 1.72. The first-order valence-corrected chi connectivity index (χ1v) is 30.4. The van der Waals surface area contributed by atoms with Gasteiger partial charge in [-0.25, -0.2) is 0 Å². The number of aliphatic hydroxyl groups is 3. The van der Waals surface area contributed by atoms with Gasteiger partial charge in [0.15, 0.2) is 11.6 Å². The van der Waals surface area contributed by atoms with Crippen LogP contribution in [0.3, 0.4) is 0 Å². The topological polar surface area (TPSA) is 207 Å². The Morgan fingerprint density at radius 3 is 2.05 bits per heavy atom. The van der Waals surface area contributed by atoms with Gasteiger partial charge in [0, 0.05) is 64.4 Å². The lowest BCUT2D eigenvalue weighted by Gasteiger charge is -2.54. The highest BCUT2D eigenvalue weighted by atomic mass is 16.8. The van der Waals surface area contributed by atoms with Gasteiger partial charge in [-0.15, -0.1) is 0 Å². The molecule has 0 aliphatic carbocycles. The first-order chi connectivity index (χ1) is 37.4. The molecule has 78 heavy (non-hydrogen) atoms. The predicted octanol–water partition coefficient (Wildman–Crippen LogP) is 6.08. The van der Waals surface area contributed by atoms with Crippen LogP contribution in [-0.2, 0) is 71.1 Å². The van der Waals surface area contributed by atoms with E-state index in [4.69, 9.17) is 66.3 Å². The third-order valence-corrected chi connectivity index (χ3v) is 20.7. The summed E-state index contributed by atoms with van der Waals surface area (Å²) in [6, 6.07) is 0. The van der Waals surface area contributed by atoms with Gasteiger partial charge in [0.05, 0.1) is 135 Å². The molecule has 12 saturated heterocycles. The largest absolute Gasteiger partial charge is 0.459 e. The predicted molar refractivity (Wildman–Crippen MR) is 279 cm³/mol. The number of hydrogen-bond donors (Lipinski definition) is 3. The van der Waals surface area contributed by atoms with Crippen molar-refractivity contribution in [2.45, 2.75) is 309 Å². The maximum Gasteiger partial charge on any atom is 0.308 e. The molecule has 0 radical (unpaired) electrons. The van der Waals surface area contributed by atoms with E-state index >= 15 is 0 Å². The lowest BCUT2D eigenvalue weighted by molar-refractivity contribution is -0.371. The number of carbonyl (C=O) groups excluding carboxylic acids is 1. The number of aliphatic hydroxyl groups excluding tert-OH is 3. The van der Waals surface area contributed by atoms with E-state index in [1.54, 1.807) is 7.11 Å². The van der Waals surface area contributed by atoms with Gasteiger partial charge in [-0.1, -0.05) is 40.9 Å². The van der Waals surface area contributed by atoms with E-state index in [0.29, 0.717) is 63.7 Å². The lowest BCUT2D eigenvalue weighted by Crippen LogP contribution is -2.62. The van der Waals surface area contributed by atoms with Crippen molar-refractivity contribution >= 4 is 5.97 Å². The van der Waals surface area contributed by atoms with Gasteiger partial charge in [-0.05, 0) is 94.1 Å². The van der Waals surface area contributed by atoms with E-state index in [2.05, 4.69) is 47.8 Å². The number of carbonyl (C=O) groups is 1. The highest BCUT2D eigenvalue weighted by molar-refractivity contribution is 5.70. The number of methoxy groups -OCH3 is 1. The molecular formula is C60H92O18. The number of ether oxygens (including phenoxy) is 14. The average molecular weight is 1100 g/mol. The van der Waals surface area contributed by atoms with Crippen LogP contribution in [0.4, 0.5) is 0 Å². The molecule has 0 saturated carbocycles. The summed E-state index contributed by atoms with van der Waals surface area (Å²) < 4.78 is 91.9. The Morgan fingerprint density at radius 2 is 1.27 bits per heavy atom. The smallest absolute Gasteiger partial charge is 0.308 e. The van der Waals surface area contributed by atoms with Crippen molar-refractivity contribution in [3.05, 3.63) is 24.3 Å². The van der Waals surface area contributed by atoms with E-state index in [1.165, 1.54) is 11.1 Å². The first kappa shape index (κ1) is 56.8. The summed E-state index contributed by atoms with van der Waals surface area (Å²) in [5, 5.41) is 32.1. The number of rotatable bonds is 12. The normalized spacial score (nSPS) is 53.9. The van der Waals surface area contributed by atoms with E-state index in [1.807, 2.05) is 6.92 Å². The number of fused-ring (bicyclic) bond motifs is 5. The fraction of sp³-hybridized carbons (Fsp3) is 0.917. The van der Waals surface area contributed by atoms with Crippen LogP contribution < -0.4 is 0 Å². The van der Waals surface area contributed by atoms with Gasteiger partial charge >= 0.3 is 5.97 Å². The van der Waals surface area contributed by atoms with E-state index in [0.717, 1.165) is 44.9 Å². The molecule has 12 rings (SSSR count). The molecule has 0 aromatic heterocycles.